The Morgan fingerprint density at radius 2 is 2.41 bits per heavy atom. The van der Waals surface area contributed by atoms with Crippen LogP contribution >= 0.6 is 0 Å². The predicted octanol–water partition coefficient (Wildman–Crippen LogP) is 0.374. The molecule has 1 aromatic heterocycles. The van der Waals surface area contributed by atoms with E-state index in [-0.39, 0.29) is 5.91 Å². The summed E-state index contributed by atoms with van der Waals surface area (Å²) in [6.45, 7) is 7.11. The summed E-state index contributed by atoms with van der Waals surface area (Å²) in [6, 6.07) is 0. The number of carbonyl (C=O) groups is 1. The molecule has 0 aliphatic carbocycles. The van der Waals surface area contributed by atoms with Crippen molar-refractivity contribution in [3.63, 3.8) is 0 Å². The van der Waals surface area contributed by atoms with E-state index >= 15 is 0 Å². The van der Waals surface area contributed by atoms with Crippen molar-refractivity contribution < 1.29 is 4.79 Å². The summed E-state index contributed by atoms with van der Waals surface area (Å²) in [4.78, 5) is 11.5. The molecular formula is C12H20N4O. The highest BCUT2D eigenvalue weighted by atomic mass is 16.1. The molecule has 0 spiro atoms. The van der Waals surface area contributed by atoms with Gasteiger partial charge in [-0.15, -0.1) is 6.58 Å². The minimum Gasteiger partial charge on any atom is -0.351 e. The average Bonchev–Trinajstić information content (AvgIpc) is 2.67. The lowest BCUT2D eigenvalue weighted by Gasteiger charge is -2.05. The first kappa shape index (κ1) is 13.4. The van der Waals surface area contributed by atoms with Crippen LogP contribution in [-0.4, -0.2) is 28.8 Å². The van der Waals surface area contributed by atoms with Crippen molar-refractivity contribution in [2.75, 3.05) is 13.1 Å². The Kier molecular flexibility index (Phi) is 5.42. The van der Waals surface area contributed by atoms with Gasteiger partial charge in [0.2, 0.25) is 5.91 Å². The number of nitrogens with one attached hydrogen (secondary N) is 2. The van der Waals surface area contributed by atoms with E-state index in [1.54, 1.807) is 10.8 Å². The molecule has 2 N–H and O–H groups in total. The normalized spacial score (nSPS) is 10.2. The van der Waals surface area contributed by atoms with Gasteiger partial charge in [-0.3, -0.25) is 9.48 Å². The van der Waals surface area contributed by atoms with E-state index in [2.05, 4.69) is 29.2 Å². The highest BCUT2D eigenvalue weighted by Gasteiger charge is 2.07. The zero-order valence-electron chi connectivity index (χ0n) is 10.5. The number of nitrogens with zero attached hydrogens (tertiary/aromatic N) is 2. The molecule has 17 heavy (non-hydrogen) atoms. The van der Waals surface area contributed by atoms with Gasteiger partial charge in [-0.25, -0.2) is 0 Å². The highest BCUT2D eigenvalue weighted by molar-refractivity contribution is 5.77. The molecule has 1 amide bonds. The fraction of sp³-hybridized carbons (Fsp3) is 0.500. The van der Waals surface area contributed by atoms with Crippen molar-refractivity contribution in [3.05, 3.63) is 30.1 Å². The Bertz CT molecular complexity index is 384. The Morgan fingerprint density at radius 3 is 3.06 bits per heavy atom. The van der Waals surface area contributed by atoms with E-state index in [0.717, 1.165) is 17.7 Å². The van der Waals surface area contributed by atoms with Gasteiger partial charge < -0.3 is 10.6 Å². The van der Waals surface area contributed by atoms with E-state index in [1.165, 1.54) is 0 Å². The lowest BCUT2D eigenvalue weighted by molar-refractivity contribution is -0.120. The maximum atomic E-state index is 11.5. The standard InChI is InChI=1S/C12H20N4O/c1-4-6-13-8-12(17)14-7-10-9-16(3)15-11(10)5-2/h4,9,13H,1,5-8H2,2-3H3,(H,14,17). The zero-order chi connectivity index (χ0) is 12.7. The van der Waals surface area contributed by atoms with Crippen LogP contribution in [-0.2, 0) is 24.8 Å². The zero-order valence-corrected chi connectivity index (χ0v) is 10.5. The molecule has 0 fully saturated rings. The van der Waals surface area contributed by atoms with E-state index in [1.807, 2.05) is 13.2 Å². The number of amides is 1. The molecule has 0 unspecified atom stereocenters. The first-order valence-electron chi connectivity index (χ1n) is 5.77. The van der Waals surface area contributed by atoms with Crippen LogP contribution in [0.2, 0.25) is 0 Å². The third-order valence-corrected chi connectivity index (χ3v) is 2.38. The van der Waals surface area contributed by atoms with Crippen LogP contribution in [0.1, 0.15) is 18.2 Å². The second-order valence-corrected chi connectivity index (χ2v) is 3.82. The minimum atomic E-state index is -0.0160. The van der Waals surface area contributed by atoms with Crippen molar-refractivity contribution >= 4 is 5.91 Å². The molecule has 5 nitrogen and oxygen atoms in total. The number of aryl methyl sites for hydroxylation is 2. The smallest absolute Gasteiger partial charge is 0.234 e. The van der Waals surface area contributed by atoms with E-state index in [9.17, 15) is 4.79 Å². The highest BCUT2D eigenvalue weighted by Crippen LogP contribution is 2.06. The third-order valence-electron chi connectivity index (χ3n) is 2.38. The summed E-state index contributed by atoms with van der Waals surface area (Å²) < 4.78 is 1.77. The predicted molar refractivity (Wildman–Crippen MR) is 67.5 cm³/mol. The molecule has 0 bridgehead atoms. The molecule has 1 aromatic rings. The number of hydrogen-bond acceptors (Lipinski definition) is 3. The van der Waals surface area contributed by atoms with E-state index in [0.29, 0.717) is 19.6 Å². The first-order chi connectivity index (χ1) is 8.17. The summed E-state index contributed by atoms with van der Waals surface area (Å²) in [5.41, 5.74) is 2.11. The lowest BCUT2D eigenvalue weighted by atomic mass is 10.2. The van der Waals surface area contributed by atoms with Crippen LogP contribution in [0.4, 0.5) is 0 Å². The summed E-state index contributed by atoms with van der Waals surface area (Å²) >= 11 is 0. The number of hydrogen-bond donors (Lipinski definition) is 2. The molecule has 0 radical (unpaired) electrons. The summed E-state index contributed by atoms with van der Waals surface area (Å²) in [6.07, 6.45) is 4.54. The van der Waals surface area contributed by atoms with Crippen molar-refractivity contribution in [2.24, 2.45) is 7.05 Å². The topological polar surface area (TPSA) is 59.0 Å². The minimum absolute atomic E-state index is 0.0160. The molecule has 5 heteroatoms. The third kappa shape index (κ3) is 4.40. The van der Waals surface area contributed by atoms with Crippen LogP contribution in [0, 0.1) is 0 Å². The SMILES string of the molecule is C=CCNCC(=O)NCc1cn(C)nc1CC. The van der Waals surface area contributed by atoms with Gasteiger partial charge in [0, 0.05) is 31.9 Å². The Balaban J connectivity index is 2.38. The molecule has 0 saturated heterocycles. The molecule has 1 heterocycles. The van der Waals surface area contributed by atoms with Gasteiger partial charge >= 0.3 is 0 Å². The molecule has 0 atom stereocenters. The van der Waals surface area contributed by atoms with Gasteiger partial charge in [-0.1, -0.05) is 13.0 Å². The number of rotatable bonds is 7. The monoisotopic (exact) mass is 236 g/mol. The van der Waals surface area contributed by atoms with Gasteiger partial charge in [-0.2, -0.15) is 5.10 Å². The first-order valence-corrected chi connectivity index (χ1v) is 5.77. The maximum Gasteiger partial charge on any atom is 0.234 e. The summed E-state index contributed by atoms with van der Waals surface area (Å²) in [5.74, 6) is -0.0160. The molecular weight excluding hydrogens is 216 g/mol. The van der Waals surface area contributed by atoms with Crippen LogP contribution in [0.3, 0.4) is 0 Å². The molecule has 0 aromatic carbocycles. The number of aromatic nitrogens is 2. The van der Waals surface area contributed by atoms with Crippen LogP contribution in [0.15, 0.2) is 18.9 Å². The Hall–Kier alpha value is -1.62. The molecule has 0 aliphatic rings. The van der Waals surface area contributed by atoms with Crippen molar-refractivity contribution in [2.45, 2.75) is 19.9 Å². The van der Waals surface area contributed by atoms with Gasteiger partial charge in [-0.05, 0) is 6.42 Å². The van der Waals surface area contributed by atoms with Crippen LogP contribution in [0.5, 0.6) is 0 Å². The second kappa shape index (κ2) is 6.85. The molecule has 0 saturated carbocycles. The average molecular weight is 236 g/mol. The molecule has 0 aliphatic heterocycles. The van der Waals surface area contributed by atoms with E-state index < -0.39 is 0 Å². The Labute approximate surface area is 102 Å². The largest absolute Gasteiger partial charge is 0.351 e. The van der Waals surface area contributed by atoms with Crippen molar-refractivity contribution in [1.82, 2.24) is 20.4 Å². The quantitative estimate of drug-likeness (QED) is 0.531. The van der Waals surface area contributed by atoms with Crippen LogP contribution < -0.4 is 10.6 Å². The summed E-state index contributed by atoms with van der Waals surface area (Å²) in [5, 5.41) is 10.1. The van der Waals surface area contributed by atoms with Crippen LogP contribution in [0.25, 0.3) is 0 Å². The fourth-order valence-corrected chi connectivity index (χ4v) is 1.57. The van der Waals surface area contributed by atoms with Gasteiger partial charge in [0.05, 0.1) is 12.2 Å². The van der Waals surface area contributed by atoms with Gasteiger partial charge in [0.1, 0.15) is 0 Å². The fourth-order valence-electron chi connectivity index (χ4n) is 1.57. The second-order valence-electron chi connectivity index (χ2n) is 3.82. The van der Waals surface area contributed by atoms with Gasteiger partial charge in [0.15, 0.2) is 0 Å². The number of carbonyl (C=O) groups excluding carboxylic acids is 1. The molecule has 1 rings (SSSR count). The maximum absolute atomic E-state index is 11.5. The van der Waals surface area contributed by atoms with Gasteiger partial charge in [0.25, 0.3) is 0 Å². The lowest BCUT2D eigenvalue weighted by Crippen LogP contribution is -2.33. The van der Waals surface area contributed by atoms with Crippen molar-refractivity contribution in [1.29, 1.82) is 0 Å². The van der Waals surface area contributed by atoms with E-state index in [4.69, 9.17) is 0 Å². The summed E-state index contributed by atoms with van der Waals surface area (Å²) in [7, 11) is 1.89. The van der Waals surface area contributed by atoms with Crippen molar-refractivity contribution in [3.8, 4) is 0 Å². The molecule has 94 valence electrons. The Morgan fingerprint density at radius 1 is 1.65 bits per heavy atom.